The molecule has 0 aliphatic rings. The van der Waals surface area contributed by atoms with Crippen molar-refractivity contribution in [3.8, 4) is 0 Å². The van der Waals surface area contributed by atoms with Crippen LogP contribution in [0.25, 0.3) is 5.65 Å². The first-order valence-corrected chi connectivity index (χ1v) is 7.34. The number of rotatable bonds is 3. The van der Waals surface area contributed by atoms with Crippen LogP contribution >= 0.6 is 11.6 Å². The first kappa shape index (κ1) is 14.8. The molecular formula is C16H16ClN3O2. The summed E-state index contributed by atoms with van der Waals surface area (Å²) in [4.78, 5) is 12.0. The maximum Gasteiger partial charge on any atom is 0.274 e. The first-order valence-electron chi connectivity index (χ1n) is 6.96. The molecule has 114 valence electrons. The molecule has 0 saturated heterocycles. The number of halogens is 1. The monoisotopic (exact) mass is 317 g/mol. The zero-order valence-electron chi connectivity index (χ0n) is 12.3. The SMILES string of the molecule is Cc1cc2n(C[C@@H](O)c3ccc(Cl)cc3)c(C)cc(=O)n2n1. The molecule has 0 radical (unpaired) electrons. The molecule has 1 N–H and O–H groups in total. The molecule has 3 aromatic rings. The van der Waals surface area contributed by atoms with Gasteiger partial charge in [0.25, 0.3) is 5.56 Å². The van der Waals surface area contributed by atoms with Crippen molar-refractivity contribution in [2.24, 2.45) is 0 Å². The minimum atomic E-state index is -0.697. The van der Waals surface area contributed by atoms with Gasteiger partial charge < -0.3 is 9.67 Å². The summed E-state index contributed by atoms with van der Waals surface area (Å²) in [6.45, 7) is 4.02. The van der Waals surface area contributed by atoms with E-state index in [1.807, 2.05) is 24.5 Å². The number of hydrogen-bond acceptors (Lipinski definition) is 3. The lowest BCUT2D eigenvalue weighted by Crippen LogP contribution is -2.21. The van der Waals surface area contributed by atoms with Gasteiger partial charge in [0.15, 0.2) is 0 Å². The number of aromatic nitrogens is 3. The largest absolute Gasteiger partial charge is 0.387 e. The van der Waals surface area contributed by atoms with Crippen molar-refractivity contribution in [1.29, 1.82) is 0 Å². The van der Waals surface area contributed by atoms with Gasteiger partial charge >= 0.3 is 0 Å². The molecule has 6 heteroatoms. The van der Waals surface area contributed by atoms with E-state index in [1.165, 1.54) is 10.6 Å². The van der Waals surface area contributed by atoms with Gasteiger partial charge in [0.05, 0.1) is 18.3 Å². The fraction of sp³-hybridized carbons (Fsp3) is 0.250. The molecule has 3 rings (SSSR count). The second-order valence-electron chi connectivity index (χ2n) is 5.36. The number of aryl methyl sites for hydroxylation is 2. The molecule has 1 atom stereocenters. The fourth-order valence-electron chi connectivity index (χ4n) is 2.54. The summed E-state index contributed by atoms with van der Waals surface area (Å²) in [6.07, 6.45) is -0.697. The lowest BCUT2D eigenvalue weighted by molar-refractivity contribution is 0.156. The van der Waals surface area contributed by atoms with Crippen LogP contribution in [-0.4, -0.2) is 19.3 Å². The van der Waals surface area contributed by atoms with Gasteiger partial charge in [-0.05, 0) is 31.5 Å². The molecule has 0 bridgehead atoms. The van der Waals surface area contributed by atoms with Crippen LogP contribution < -0.4 is 5.56 Å². The van der Waals surface area contributed by atoms with Crippen LogP contribution in [0.1, 0.15) is 23.1 Å². The number of aliphatic hydroxyl groups is 1. The van der Waals surface area contributed by atoms with Crippen molar-refractivity contribution in [3.05, 3.63) is 68.7 Å². The minimum Gasteiger partial charge on any atom is -0.387 e. The maximum atomic E-state index is 12.0. The highest BCUT2D eigenvalue weighted by Crippen LogP contribution is 2.20. The third-order valence-electron chi connectivity index (χ3n) is 3.67. The van der Waals surface area contributed by atoms with E-state index >= 15 is 0 Å². The van der Waals surface area contributed by atoms with E-state index in [0.717, 1.165) is 17.0 Å². The van der Waals surface area contributed by atoms with Gasteiger partial charge in [0, 0.05) is 22.8 Å². The second kappa shape index (κ2) is 5.59. The van der Waals surface area contributed by atoms with E-state index in [0.29, 0.717) is 17.2 Å². The van der Waals surface area contributed by atoms with Gasteiger partial charge in [-0.25, -0.2) is 0 Å². The van der Waals surface area contributed by atoms with Gasteiger partial charge in [-0.3, -0.25) is 4.79 Å². The fourth-order valence-corrected chi connectivity index (χ4v) is 2.67. The Bertz CT molecular complexity index is 881. The number of nitrogens with zero attached hydrogens (tertiary/aromatic N) is 3. The Balaban J connectivity index is 2.03. The Morgan fingerprint density at radius 1 is 1.23 bits per heavy atom. The summed E-state index contributed by atoms with van der Waals surface area (Å²) in [7, 11) is 0. The normalized spacial score (nSPS) is 12.7. The summed E-state index contributed by atoms with van der Waals surface area (Å²) in [6, 6.07) is 10.4. The van der Waals surface area contributed by atoms with Crippen LogP contribution in [0, 0.1) is 13.8 Å². The lowest BCUT2D eigenvalue weighted by atomic mass is 10.1. The number of benzene rings is 1. The Morgan fingerprint density at radius 3 is 2.59 bits per heavy atom. The van der Waals surface area contributed by atoms with Gasteiger partial charge in [-0.15, -0.1) is 0 Å². The van der Waals surface area contributed by atoms with Crippen LogP contribution in [0.2, 0.25) is 5.02 Å². The Kier molecular flexibility index (Phi) is 3.76. The maximum absolute atomic E-state index is 12.0. The highest BCUT2D eigenvalue weighted by Gasteiger charge is 2.14. The Morgan fingerprint density at radius 2 is 1.91 bits per heavy atom. The van der Waals surface area contributed by atoms with Crippen molar-refractivity contribution >= 4 is 17.2 Å². The summed E-state index contributed by atoms with van der Waals surface area (Å²) >= 11 is 5.87. The van der Waals surface area contributed by atoms with E-state index in [2.05, 4.69) is 5.10 Å². The molecule has 1 aromatic carbocycles. The summed E-state index contributed by atoms with van der Waals surface area (Å²) in [5, 5.41) is 15.3. The summed E-state index contributed by atoms with van der Waals surface area (Å²) in [5.41, 5.74) is 2.83. The number of aliphatic hydroxyl groups excluding tert-OH is 1. The standard InChI is InChI=1S/C16H16ClN3O2/c1-10-7-15-19(11(2)8-16(22)20(15)18-10)9-14(21)12-3-5-13(17)6-4-12/h3-8,14,21H,9H2,1-2H3/t14-/m1/s1. The summed E-state index contributed by atoms with van der Waals surface area (Å²) < 4.78 is 3.25. The first-order chi connectivity index (χ1) is 10.5. The second-order valence-corrected chi connectivity index (χ2v) is 5.79. The average Bonchev–Trinajstić information content (AvgIpc) is 2.86. The van der Waals surface area contributed by atoms with E-state index in [4.69, 9.17) is 11.6 Å². The van der Waals surface area contributed by atoms with Crippen molar-refractivity contribution in [1.82, 2.24) is 14.2 Å². The topological polar surface area (TPSA) is 59.5 Å². The average molecular weight is 318 g/mol. The van der Waals surface area contributed by atoms with Gasteiger partial charge in [0.1, 0.15) is 5.65 Å². The molecule has 2 aromatic heterocycles. The van der Waals surface area contributed by atoms with Crippen LogP contribution in [0.15, 0.2) is 41.2 Å². The molecule has 0 unspecified atom stereocenters. The van der Waals surface area contributed by atoms with E-state index in [1.54, 1.807) is 24.3 Å². The molecule has 0 saturated carbocycles. The van der Waals surface area contributed by atoms with Gasteiger partial charge in [-0.2, -0.15) is 9.61 Å². The molecule has 0 fully saturated rings. The predicted octanol–water partition coefficient (Wildman–Crippen LogP) is 2.50. The smallest absolute Gasteiger partial charge is 0.274 e. The van der Waals surface area contributed by atoms with E-state index in [-0.39, 0.29) is 5.56 Å². The van der Waals surface area contributed by atoms with Crippen LogP contribution in [0.3, 0.4) is 0 Å². The lowest BCUT2D eigenvalue weighted by Gasteiger charge is -2.17. The van der Waals surface area contributed by atoms with Crippen molar-refractivity contribution < 1.29 is 5.11 Å². The molecule has 0 amide bonds. The molecule has 22 heavy (non-hydrogen) atoms. The number of hydrogen-bond donors (Lipinski definition) is 1. The van der Waals surface area contributed by atoms with Crippen molar-refractivity contribution in [2.75, 3.05) is 0 Å². The molecule has 0 aliphatic heterocycles. The minimum absolute atomic E-state index is 0.169. The third kappa shape index (κ3) is 2.65. The van der Waals surface area contributed by atoms with E-state index < -0.39 is 6.10 Å². The number of fused-ring (bicyclic) bond motifs is 1. The molecule has 5 nitrogen and oxygen atoms in total. The van der Waals surface area contributed by atoms with Crippen LogP contribution in [-0.2, 0) is 6.54 Å². The molecule has 0 aliphatic carbocycles. The molecular weight excluding hydrogens is 302 g/mol. The zero-order valence-corrected chi connectivity index (χ0v) is 13.1. The summed E-state index contributed by atoms with van der Waals surface area (Å²) in [5.74, 6) is 0. The van der Waals surface area contributed by atoms with E-state index in [9.17, 15) is 9.90 Å². The highest BCUT2D eigenvalue weighted by atomic mass is 35.5. The quantitative estimate of drug-likeness (QED) is 0.807. The molecule has 2 heterocycles. The van der Waals surface area contributed by atoms with Crippen LogP contribution in [0.5, 0.6) is 0 Å². The van der Waals surface area contributed by atoms with Gasteiger partial charge in [0.2, 0.25) is 0 Å². The predicted molar refractivity (Wildman–Crippen MR) is 85.3 cm³/mol. The van der Waals surface area contributed by atoms with Crippen molar-refractivity contribution in [2.45, 2.75) is 26.5 Å². The van der Waals surface area contributed by atoms with Crippen LogP contribution in [0.4, 0.5) is 0 Å². The Labute approximate surface area is 132 Å². The highest BCUT2D eigenvalue weighted by molar-refractivity contribution is 6.30. The Hall–Kier alpha value is -2.11. The molecule has 0 spiro atoms. The van der Waals surface area contributed by atoms with Gasteiger partial charge in [-0.1, -0.05) is 23.7 Å². The van der Waals surface area contributed by atoms with Crippen molar-refractivity contribution in [3.63, 3.8) is 0 Å². The zero-order chi connectivity index (χ0) is 15.9. The third-order valence-corrected chi connectivity index (χ3v) is 3.92.